The minimum absolute atomic E-state index is 0.0286. The SMILES string of the molecule is CC(=O)OCC1c2ccccc2-c2ccc(NC(=O)CCCCCCCCCCCCCCCC(=O)NCCS(=O)(=O)O)cc21. The Morgan fingerprint density at radius 1 is 0.733 bits per heavy atom. The third-order valence-electron chi connectivity index (χ3n) is 8.28. The smallest absolute Gasteiger partial charge is 0.302 e. The van der Waals surface area contributed by atoms with Crippen molar-refractivity contribution in [2.45, 2.75) is 109 Å². The van der Waals surface area contributed by atoms with Gasteiger partial charge in [0.05, 0.1) is 5.75 Å². The number of fused-ring (bicyclic) bond motifs is 3. The Kier molecular flexibility index (Phi) is 15.6. The van der Waals surface area contributed by atoms with Gasteiger partial charge >= 0.3 is 5.97 Å². The number of ether oxygens (including phenoxy) is 1. The quantitative estimate of drug-likeness (QED) is 0.0704. The molecular weight excluding hydrogens is 592 g/mol. The molecule has 0 saturated heterocycles. The minimum Gasteiger partial charge on any atom is -0.465 e. The zero-order chi connectivity index (χ0) is 32.5. The highest BCUT2D eigenvalue weighted by atomic mass is 32.2. The van der Waals surface area contributed by atoms with E-state index in [0.717, 1.165) is 66.5 Å². The van der Waals surface area contributed by atoms with Gasteiger partial charge in [-0.2, -0.15) is 8.42 Å². The fourth-order valence-corrected chi connectivity index (χ4v) is 6.27. The van der Waals surface area contributed by atoms with Crippen LogP contribution in [0.1, 0.15) is 120 Å². The molecular formula is C35H50N2O7S. The van der Waals surface area contributed by atoms with Crippen molar-refractivity contribution in [1.29, 1.82) is 0 Å². The zero-order valence-electron chi connectivity index (χ0n) is 26.7. The molecule has 1 aliphatic carbocycles. The van der Waals surface area contributed by atoms with Crippen molar-refractivity contribution in [3.63, 3.8) is 0 Å². The fourth-order valence-electron chi connectivity index (χ4n) is 5.91. The molecule has 1 unspecified atom stereocenters. The molecule has 0 fully saturated rings. The molecule has 1 aliphatic rings. The number of anilines is 1. The molecule has 0 aromatic heterocycles. The average molecular weight is 643 g/mol. The van der Waals surface area contributed by atoms with Gasteiger partial charge in [0.15, 0.2) is 0 Å². The van der Waals surface area contributed by atoms with Crippen LogP contribution in [0.3, 0.4) is 0 Å². The molecule has 0 spiro atoms. The second kappa shape index (κ2) is 19.3. The van der Waals surface area contributed by atoms with Crippen LogP contribution in [0.25, 0.3) is 11.1 Å². The molecule has 45 heavy (non-hydrogen) atoms. The van der Waals surface area contributed by atoms with Crippen molar-refractivity contribution in [3.05, 3.63) is 53.6 Å². The van der Waals surface area contributed by atoms with E-state index >= 15 is 0 Å². The number of hydrogen-bond donors (Lipinski definition) is 3. The Balaban J connectivity index is 1.17. The molecule has 2 amide bonds. The molecule has 0 aliphatic heterocycles. The lowest BCUT2D eigenvalue weighted by molar-refractivity contribution is -0.141. The monoisotopic (exact) mass is 642 g/mol. The first kappa shape index (κ1) is 36.2. The first-order valence-corrected chi connectivity index (χ1v) is 18.1. The molecule has 1 atom stereocenters. The molecule has 10 heteroatoms. The maximum atomic E-state index is 12.6. The number of nitrogens with one attached hydrogen (secondary N) is 2. The van der Waals surface area contributed by atoms with Gasteiger partial charge in [-0.15, -0.1) is 0 Å². The maximum absolute atomic E-state index is 12.6. The summed E-state index contributed by atoms with van der Waals surface area (Å²) in [6.45, 7) is 1.66. The Morgan fingerprint density at radius 2 is 1.27 bits per heavy atom. The van der Waals surface area contributed by atoms with Crippen molar-refractivity contribution >= 4 is 33.6 Å². The summed E-state index contributed by atoms with van der Waals surface area (Å²) in [5.74, 6) is -0.925. The summed E-state index contributed by atoms with van der Waals surface area (Å²) in [6, 6.07) is 14.2. The molecule has 3 N–H and O–H groups in total. The van der Waals surface area contributed by atoms with Gasteiger partial charge in [0.2, 0.25) is 11.8 Å². The van der Waals surface area contributed by atoms with Crippen LogP contribution < -0.4 is 10.6 Å². The normalized spacial score (nSPS) is 13.6. The lowest BCUT2D eigenvalue weighted by Crippen LogP contribution is -2.28. The second-order valence-corrected chi connectivity index (χ2v) is 13.6. The predicted octanol–water partition coefficient (Wildman–Crippen LogP) is 7.16. The topological polar surface area (TPSA) is 139 Å². The Bertz CT molecular complexity index is 1360. The fraction of sp³-hybridized carbons (Fsp3) is 0.571. The molecule has 0 bridgehead atoms. The summed E-state index contributed by atoms with van der Waals surface area (Å²) in [5.41, 5.74) is 5.26. The van der Waals surface area contributed by atoms with Crippen LogP contribution in [-0.2, 0) is 29.2 Å². The number of carbonyl (C=O) groups is 3. The standard InChI is InChI=1S/C35H50N2O7S/c1-27(38)44-26-33-30-18-16-15-17-29(30)31-22-21-28(25-32(31)33)37-35(40)20-14-12-10-8-6-4-2-3-5-7-9-11-13-19-34(39)36-23-24-45(41,42)43/h15-18,21-22,25,33H,2-14,19-20,23-24,26H2,1H3,(H,36,39)(H,37,40)(H,41,42,43). The summed E-state index contributed by atoms with van der Waals surface area (Å²) in [6.07, 6.45) is 15.4. The number of unbranched alkanes of at least 4 members (excludes halogenated alkanes) is 12. The molecule has 0 heterocycles. The zero-order valence-corrected chi connectivity index (χ0v) is 27.5. The van der Waals surface area contributed by atoms with Crippen LogP contribution in [0.15, 0.2) is 42.5 Å². The van der Waals surface area contributed by atoms with Crippen molar-refractivity contribution < 1.29 is 32.1 Å². The summed E-state index contributed by atoms with van der Waals surface area (Å²) in [4.78, 5) is 35.7. The Morgan fingerprint density at radius 3 is 1.84 bits per heavy atom. The number of hydrogen-bond acceptors (Lipinski definition) is 6. The highest BCUT2D eigenvalue weighted by Crippen LogP contribution is 2.45. The van der Waals surface area contributed by atoms with Gasteiger partial charge in [-0.25, -0.2) is 0 Å². The molecule has 3 rings (SSSR count). The van der Waals surface area contributed by atoms with E-state index in [1.54, 1.807) is 0 Å². The second-order valence-electron chi connectivity index (χ2n) is 12.0. The Hall–Kier alpha value is -3.24. The van der Waals surface area contributed by atoms with Crippen molar-refractivity contribution in [1.82, 2.24) is 5.32 Å². The molecule has 0 radical (unpaired) electrons. The lowest BCUT2D eigenvalue weighted by Gasteiger charge is -2.14. The van der Waals surface area contributed by atoms with Crippen LogP contribution in [-0.4, -0.2) is 49.7 Å². The Labute approximate surface area is 268 Å². The van der Waals surface area contributed by atoms with E-state index in [0.29, 0.717) is 12.8 Å². The van der Waals surface area contributed by atoms with E-state index in [1.807, 2.05) is 30.3 Å². The number of carbonyl (C=O) groups excluding carboxylic acids is 3. The summed E-state index contributed by atoms with van der Waals surface area (Å²) >= 11 is 0. The van der Waals surface area contributed by atoms with E-state index in [2.05, 4.69) is 22.8 Å². The number of benzene rings is 2. The van der Waals surface area contributed by atoms with E-state index in [-0.39, 0.29) is 36.9 Å². The minimum atomic E-state index is -4.03. The number of esters is 1. The van der Waals surface area contributed by atoms with Gasteiger partial charge in [0.25, 0.3) is 10.1 Å². The first-order chi connectivity index (χ1) is 21.6. The van der Waals surface area contributed by atoms with Crippen LogP contribution >= 0.6 is 0 Å². The van der Waals surface area contributed by atoms with Crippen molar-refractivity contribution in [2.75, 3.05) is 24.2 Å². The molecule has 2 aromatic carbocycles. The molecule has 248 valence electrons. The van der Waals surface area contributed by atoms with Crippen LogP contribution in [0.5, 0.6) is 0 Å². The van der Waals surface area contributed by atoms with E-state index < -0.39 is 15.9 Å². The van der Waals surface area contributed by atoms with Gasteiger partial charge in [-0.3, -0.25) is 18.9 Å². The van der Waals surface area contributed by atoms with Crippen LogP contribution in [0.2, 0.25) is 0 Å². The lowest BCUT2D eigenvalue weighted by atomic mass is 9.97. The highest BCUT2D eigenvalue weighted by Gasteiger charge is 2.29. The van der Waals surface area contributed by atoms with Crippen LogP contribution in [0, 0.1) is 0 Å². The molecule has 0 saturated carbocycles. The first-order valence-electron chi connectivity index (χ1n) is 16.5. The van der Waals surface area contributed by atoms with E-state index in [4.69, 9.17) is 9.29 Å². The summed E-state index contributed by atoms with van der Waals surface area (Å²) in [7, 11) is -4.03. The largest absolute Gasteiger partial charge is 0.465 e. The number of amides is 2. The van der Waals surface area contributed by atoms with Crippen molar-refractivity contribution in [3.8, 4) is 11.1 Å². The van der Waals surface area contributed by atoms with Crippen LogP contribution in [0.4, 0.5) is 5.69 Å². The van der Waals surface area contributed by atoms with Gasteiger partial charge in [0.1, 0.15) is 6.61 Å². The van der Waals surface area contributed by atoms with Gasteiger partial charge in [-0.1, -0.05) is 101 Å². The number of rotatable bonds is 22. The maximum Gasteiger partial charge on any atom is 0.302 e. The van der Waals surface area contributed by atoms with E-state index in [1.165, 1.54) is 51.9 Å². The van der Waals surface area contributed by atoms with Crippen molar-refractivity contribution in [2.24, 2.45) is 0 Å². The average Bonchev–Trinajstić information content (AvgIpc) is 3.30. The van der Waals surface area contributed by atoms with Gasteiger partial charge < -0.3 is 15.4 Å². The van der Waals surface area contributed by atoms with E-state index in [9.17, 15) is 22.8 Å². The predicted molar refractivity (Wildman–Crippen MR) is 178 cm³/mol. The third kappa shape index (κ3) is 13.7. The van der Waals surface area contributed by atoms with Gasteiger partial charge in [-0.05, 0) is 47.2 Å². The molecule has 9 nitrogen and oxygen atoms in total. The summed E-state index contributed by atoms with van der Waals surface area (Å²) < 4.78 is 35.3. The summed E-state index contributed by atoms with van der Waals surface area (Å²) in [5, 5.41) is 5.57. The highest BCUT2D eigenvalue weighted by molar-refractivity contribution is 7.85. The van der Waals surface area contributed by atoms with Gasteiger partial charge in [0, 0.05) is 37.9 Å². The third-order valence-corrected chi connectivity index (χ3v) is 9.00. The molecule has 2 aromatic rings.